The number of piperidine rings is 3. The Bertz CT molecular complexity index is 1050. The molecule has 0 amide bonds. The molecular formula is C26H35N3O4S. The fraction of sp³-hybridized carbons (Fsp3) is 0.538. The monoisotopic (exact) mass is 485 g/mol. The average Bonchev–Trinajstić information content (AvgIpc) is 3.23. The molecule has 1 aromatic heterocycles. The number of aromatic nitrogens is 1. The molecule has 1 aromatic carbocycles. The summed E-state index contributed by atoms with van der Waals surface area (Å²) in [5.41, 5.74) is 1.85. The summed E-state index contributed by atoms with van der Waals surface area (Å²) in [6.07, 6.45) is 5.62. The second kappa shape index (κ2) is 10.2. The Hall–Kier alpha value is -2.13. The van der Waals surface area contributed by atoms with E-state index in [1.54, 1.807) is 25.1 Å². The lowest BCUT2D eigenvalue weighted by atomic mass is 9.73. The SMILES string of the molecule is C=CC1CN2CCC1CC2[C@H](O)c1ccnc2ccc(OC)cc12.CC1(C)N[C@H](C(=O)O)CS1. The fourth-order valence-corrected chi connectivity index (χ4v) is 6.41. The predicted octanol–water partition coefficient (Wildman–Crippen LogP) is 3.69. The molecular weight excluding hydrogens is 450 g/mol. The van der Waals surface area contributed by atoms with Crippen LogP contribution in [0.2, 0.25) is 0 Å². The highest BCUT2D eigenvalue weighted by Gasteiger charge is 2.42. The van der Waals surface area contributed by atoms with E-state index < -0.39 is 12.1 Å². The summed E-state index contributed by atoms with van der Waals surface area (Å²) in [7, 11) is 1.66. The third kappa shape index (κ3) is 5.25. The number of carbonyl (C=O) groups is 1. The van der Waals surface area contributed by atoms with Crippen LogP contribution in [0.15, 0.2) is 43.1 Å². The van der Waals surface area contributed by atoms with Gasteiger partial charge in [0.25, 0.3) is 0 Å². The van der Waals surface area contributed by atoms with Crippen molar-refractivity contribution in [2.24, 2.45) is 11.8 Å². The van der Waals surface area contributed by atoms with Gasteiger partial charge >= 0.3 is 5.97 Å². The third-order valence-electron chi connectivity index (χ3n) is 7.25. The van der Waals surface area contributed by atoms with Gasteiger partial charge in [0.15, 0.2) is 0 Å². The number of nitrogens with zero attached hydrogens (tertiary/aromatic N) is 2. The van der Waals surface area contributed by atoms with Crippen LogP contribution in [0.3, 0.4) is 0 Å². The van der Waals surface area contributed by atoms with Gasteiger partial charge in [-0.2, -0.15) is 0 Å². The number of thioether (sulfide) groups is 1. The van der Waals surface area contributed by atoms with Crippen LogP contribution in [0, 0.1) is 11.8 Å². The van der Waals surface area contributed by atoms with Crippen LogP contribution in [-0.4, -0.2) is 69.0 Å². The van der Waals surface area contributed by atoms with Crippen molar-refractivity contribution < 1.29 is 19.7 Å². The number of rotatable bonds is 5. The zero-order chi connectivity index (χ0) is 24.5. The standard InChI is InChI=1S/C20H24N2O2.C6H11NO2S/c1-3-13-12-22-9-7-14(13)10-19(22)20(23)16-6-8-21-18-5-4-15(24-2)11-17(16)18;1-6(2)7-4(3-10-6)5(8)9/h3-6,8,11,13-14,19-20,23H,1,7,9-10,12H2,2H3;4,7H,3H2,1-2H3,(H,8,9)/t13?,14?,19?,20-;4-/m10/s1. The van der Waals surface area contributed by atoms with Gasteiger partial charge in [-0.25, -0.2) is 0 Å². The fourth-order valence-electron chi connectivity index (χ4n) is 5.37. The number of hydrogen-bond donors (Lipinski definition) is 3. The molecule has 7 nitrogen and oxygen atoms in total. The normalized spacial score (nSPS) is 30.3. The second-order valence-corrected chi connectivity index (χ2v) is 11.5. The molecule has 0 radical (unpaired) electrons. The van der Waals surface area contributed by atoms with Crippen molar-refractivity contribution in [2.45, 2.75) is 49.7 Å². The predicted molar refractivity (Wildman–Crippen MR) is 136 cm³/mol. The summed E-state index contributed by atoms with van der Waals surface area (Å²) in [4.78, 5) is 17.2. The van der Waals surface area contributed by atoms with Crippen LogP contribution in [0.5, 0.6) is 5.75 Å². The minimum Gasteiger partial charge on any atom is -0.497 e. The summed E-state index contributed by atoms with van der Waals surface area (Å²) in [6.45, 7) is 10.0. The number of nitrogens with one attached hydrogen (secondary N) is 1. The van der Waals surface area contributed by atoms with Crippen LogP contribution in [0.1, 0.15) is 38.4 Å². The molecule has 4 aliphatic rings. The van der Waals surface area contributed by atoms with Gasteiger partial charge in [-0.05, 0) is 74.9 Å². The molecule has 184 valence electrons. The Morgan fingerprint density at radius 3 is 2.76 bits per heavy atom. The van der Waals surface area contributed by atoms with Crippen molar-refractivity contribution in [1.82, 2.24) is 15.2 Å². The summed E-state index contributed by atoms with van der Waals surface area (Å²) >= 11 is 1.64. The molecule has 5 heterocycles. The highest BCUT2D eigenvalue weighted by Crippen LogP contribution is 2.42. The molecule has 3 N–H and O–H groups in total. The smallest absolute Gasteiger partial charge is 0.321 e. The van der Waals surface area contributed by atoms with Crippen LogP contribution in [0.4, 0.5) is 0 Å². The lowest BCUT2D eigenvalue weighted by molar-refractivity contribution is -0.138. The van der Waals surface area contributed by atoms with Gasteiger partial charge in [-0.15, -0.1) is 18.3 Å². The van der Waals surface area contributed by atoms with Crippen LogP contribution in [-0.2, 0) is 4.79 Å². The van der Waals surface area contributed by atoms with E-state index in [4.69, 9.17) is 9.84 Å². The highest BCUT2D eigenvalue weighted by atomic mass is 32.2. The number of aliphatic carboxylic acids is 1. The largest absolute Gasteiger partial charge is 0.497 e. The van der Waals surface area contributed by atoms with Gasteiger partial charge in [0.2, 0.25) is 0 Å². The van der Waals surface area contributed by atoms with Gasteiger partial charge < -0.3 is 14.9 Å². The van der Waals surface area contributed by atoms with Crippen molar-refractivity contribution in [1.29, 1.82) is 0 Å². The molecule has 2 aromatic rings. The van der Waals surface area contributed by atoms with E-state index in [9.17, 15) is 9.90 Å². The van der Waals surface area contributed by atoms with Gasteiger partial charge in [-0.1, -0.05) is 6.08 Å². The van der Waals surface area contributed by atoms with Crippen molar-refractivity contribution in [2.75, 3.05) is 26.0 Å². The zero-order valence-corrected chi connectivity index (χ0v) is 20.9. The number of aliphatic hydroxyl groups is 1. The Morgan fingerprint density at radius 2 is 2.21 bits per heavy atom. The molecule has 6 rings (SSSR count). The summed E-state index contributed by atoms with van der Waals surface area (Å²) in [5, 5.41) is 23.7. The molecule has 8 heteroatoms. The third-order valence-corrected chi connectivity index (χ3v) is 8.59. The van der Waals surface area contributed by atoms with Gasteiger partial charge in [0, 0.05) is 29.9 Å². The van der Waals surface area contributed by atoms with E-state index in [2.05, 4.69) is 27.9 Å². The van der Waals surface area contributed by atoms with Gasteiger partial charge in [0.1, 0.15) is 11.8 Å². The topological polar surface area (TPSA) is 94.9 Å². The molecule has 4 aliphatic heterocycles. The van der Waals surface area contributed by atoms with Gasteiger partial charge in [0.05, 0.1) is 23.6 Å². The summed E-state index contributed by atoms with van der Waals surface area (Å²) in [5.74, 6) is 1.92. The van der Waals surface area contributed by atoms with E-state index >= 15 is 0 Å². The Balaban J connectivity index is 0.000000231. The Morgan fingerprint density at radius 1 is 1.41 bits per heavy atom. The first-order chi connectivity index (χ1) is 16.2. The maximum Gasteiger partial charge on any atom is 0.321 e. The van der Waals surface area contributed by atoms with E-state index in [1.807, 2.05) is 38.1 Å². The number of carboxylic acids is 1. The number of hydrogen-bond acceptors (Lipinski definition) is 7. The summed E-state index contributed by atoms with van der Waals surface area (Å²) < 4.78 is 5.35. The van der Waals surface area contributed by atoms with Gasteiger partial charge in [-0.3, -0.25) is 20.0 Å². The quantitative estimate of drug-likeness (QED) is 0.552. The number of aliphatic hydroxyl groups excluding tert-OH is 1. The molecule has 4 unspecified atom stereocenters. The van der Waals surface area contributed by atoms with Crippen LogP contribution >= 0.6 is 11.8 Å². The van der Waals surface area contributed by atoms with Crippen molar-refractivity contribution in [3.8, 4) is 5.75 Å². The molecule has 34 heavy (non-hydrogen) atoms. The molecule has 0 spiro atoms. The first kappa shape index (κ1) is 25.0. The van der Waals surface area contributed by atoms with E-state index in [0.29, 0.717) is 17.6 Å². The average molecular weight is 486 g/mol. The Kier molecular flexibility index (Phi) is 7.52. The minimum atomic E-state index is -0.752. The van der Waals surface area contributed by atoms with Crippen molar-refractivity contribution in [3.63, 3.8) is 0 Å². The molecule has 0 aliphatic carbocycles. The minimum absolute atomic E-state index is 0.0664. The van der Waals surface area contributed by atoms with Crippen molar-refractivity contribution in [3.05, 3.63) is 48.7 Å². The Labute approximate surface area is 205 Å². The number of ether oxygens (including phenoxy) is 1. The van der Waals surface area contributed by atoms with E-state index in [1.165, 1.54) is 6.42 Å². The molecule has 4 saturated heterocycles. The number of fused-ring (bicyclic) bond motifs is 4. The first-order valence-corrected chi connectivity index (χ1v) is 12.8. The molecule has 6 atom stereocenters. The van der Waals surface area contributed by atoms with Crippen molar-refractivity contribution >= 4 is 28.6 Å². The molecule has 2 bridgehead atoms. The second-order valence-electron chi connectivity index (χ2n) is 9.83. The number of carboxylic acid groups (broad SMARTS) is 1. The maximum absolute atomic E-state index is 11.2. The zero-order valence-electron chi connectivity index (χ0n) is 20.1. The van der Waals surface area contributed by atoms with E-state index in [0.717, 1.165) is 41.7 Å². The number of pyridine rings is 1. The highest BCUT2D eigenvalue weighted by molar-refractivity contribution is 8.00. The first-order valence-electron chi connectivity index (χ1n) is 11.8. The molecule has 0 saturated carbocycles. The molecule has 4 fully saturated rings. The van der Waals surface area contributed by atoms with E-state index in [-0.39, 0.29) is 17.0 Å². The number of methoxy groups -OCH3 is 1. The summed E-state index contributed by atoms with van der Waals surface area (Å²) in [6, 6.07) is 7.60. The number of benzene rings is 1. The lowest BCUT2D eigenvalue weighted by Crippen LogP contribution is -2.54. The van der Waals surface area contributed by atoms with Crippen LogP contribution < -0.4 is 10.1 Å². The lowest BCUT2D eigenvalue weighted by Gasteiger charge is -2.50. The van der Waals surface area contributed by atoms with Crippen LogP contribution in [0.25, 0.3) is 10.9 Å². The maximum atomic E-state index is 11.2.